The number of benzene rings is 2. The Morgan fingerprint density at radius 3 is 2.58 bits per heavy atom. The third kappa shape index (κ3) is 5.47. The minimum atomic E-state index is -3.64. The average molecular weight is 482 g/mol. The van der Waals surface area contributed by atoms with Crippen LogP contribution < -0.4 is 5.32 Å². The van der Waals surface area contributed by atoms with E-state index in [1.165, 1.54) is 12.1 Å². The monoisotopic (exact) mass is 481 g/mol. The second-order valence-electron chi connectivity index (χ2n) is 7.36. The maximum Gasteiger partial charge on any atom is 0.251 e. The van der Waals surface area contributed by atoms with Crippen molar-refractivity contribution in [2.75, 3.05) is 0 Å². The van der Waals surface area contributed by atoms with E-state index in [0.717, 1.165) is 5.56 Å². The van der Waals surface area contributed by atoms with Crippen LogP contribution in [0.25, 0.3) is 11.5 Å². The first-order valence-electron chi connectivity index (χ1n) is 10.0. The lowest BCUT2D eigenvalue weighted by molar-refractivity contribution is 0.0951. The van der Waals surface area contributed by atoms with Gasteiger partial charge in [0.2, 0.25) is 5.89 Å². The molecular weight excluding hydrogens is 462 g/mol. The van der Waals surface area contributed by atoms with Gasteiger partial charge in [0.25, 0.3) is 5.91 Å². The van der Waals surface area contributed by atoms with Gasteiger partial charge in [-0.1, -0.05) is 23.7 Å². The maximum absolute atomic E-state index is 12.7. The van der Waals surface area contributed by atoms with Crippen molar-refractivity contribution < 1.29 is 17.6 Å². The molecule has 0 bridgehead atoms. The zero-order valence-electron chi connectivity index (χ0n) is 17.7. The average Bonchev–Trinajstić information content (AvgIpc) is 3.17. The van der Waals surface area contributed by atoms with Crippen molar-refractivity contribution in [1.82, 2.24) is 15.3 Å². The van der Waals surface area contributed by atoms with Gasteiger partial charge in [0.15, 0.2) is 9.84 Å². The number of carbonyl (C=O) groups is 1. The van der Waals surface area contributed by atoms with E-state index in [1.54, 1.807) is 55.7 Å². The molecule has 4 aromatic rings. The summed E-state index contributed by atoms with van der Waals surface area (Å²) in [6.45, 7) is 2.04. The molecule has 0 atom stereocenters. The molecule has 2 aromatic heterocycles. The van der Waals surface area contributed by atoms with Crippen molar-refractivity contribution in [1.29, 1.82) is 0 Å². The number of aryl methyl sites for hydroxylation is 1. The smallest absolute Gasteiger partial charge is 0.251 e. The minimum absolute atomic E-state index is 0.126. The van der Waals surface area contributed by atoms with Crippen LogP contribution in [0.3, 0.4) is 0 Å². The van der Waals surface area contributed by atoms with Crippen LogP contribution in [0.4, 0.5) is 0 Å². The fourth-order valence-electron chi connectivity index (χ4n) is 3.16. The summed E-state index contributed by atoms with van der Waals surface area (Å²) in [6.07, 6.45) is 3.37. The molecule has 168 valence electrons. The van der Waals surface area contributed by atoms with E-state index in [9.17, 15) is 13.2 Å². The van der Waals surface area contributed by atoms with Gasteiger partial charge >= 0.3 is 0 Å². The minimum Gasteiger partial charge on any atom is -0.441 e. The fraction of sp³-hybridized carbons (Fsp3) is 0.125. The number of hydrogen-bond acceptors (Lipinski definition) is 6. The third-order valence-electron chi connectivity index (χ3n) is 4.94. The van der Waals surface area contributed by atoms with Crippen LogP contribution in [-0.2, 0) is 22.1 Å². The van der Waals surface area contributed by atoms with Crippen molar-refractivity contribution >= 4 is 27.3 Å². The molecule has 1 N–H and O–H groups in total. The summed E-state index contributed by atoms with van der Waals surface area (Å²) in [6, 6.07) is 16.5. The lowest BCUT2D eigenvalue weighted by atomic mass is 10.1. The largest absolute Gasteiger partial charge is 0.441 e. The highest BCUT2D eigenvalue weighted by Gasteiger charge is 2.21. The van der Waals surface area contributed by atoms with Gasteiger partial charge in [-0.15, -0.1) is 0 Å². The number of pyridine rings is 1. The zero-order valence-corrected chi connectivity index (χ0v) is 19.2. The highest BCUT2D eigenvalue weighted by atomic mass is 35.5. The van der Waals surface area contributed by atoms with Gasteiger partial charge in [-0.3, -0.25) is 9.78 Å². The Labute approximate surface area is 196 Å². The summed E-state index contributed by atoms with van der Waals surface area (Å²) < 4.78 is 31.2. The number of aromatic nitrogens is 2. The second-order valence-corrected chi connectivity index (χ2v) is 9.79. The number of oxazole rings is 1. The molecule has 0 aliphatic rings. The van der Waals surface area contributed by atoms with E-state index in [4.69, 9.17) is 16.0 Å². The number of nitrogens with zero attached hydrogens (tertiary/aromatic N) is 2. The fourth-order valence-corrected chi connectivity index (χ4v) is 4.80. The molecular formula is C24H20ClN3O4S. The molecule has 0 spiro atoms. The Bertz CT molecular complexity index is 1380. The first-order valence-corrected chi connectivity index (χ1v) is 12.1. The normalized spacial score (nSPS) is 11.3. The predicted octanol–water partition coefficient (Wildman–Crippen LogP) is 4.60. The molecule has 0 fully saturated rings. The van der Waals surface area contributed by atoms with Crippen molar-refractivity contribution in [2.45, 2.75) is 24.1 Å². The van der Waals surface area contributed by atoms with Crippen LogP contribution in [0.15, 0.2) is 82.4 Å². The number of sulfone groups is 1. The molecule has 33 heavy (non-hydrogen) atoms. The second kappa shape index (κ2) is 9.56. The lowest BCUT2D eigenvalue weighted by Crippen LogP contribution is -2.22. The standard InChI is InChI=1S/C24H20ClN3O4S/c1-16-22(15-33(30,31)21-6-2-5-20(25)12-21)28-24(32-16)19-9-7-18(8-10-19)23(29)27-14-17-4-3-11-26-13-17/h2-13H,14-15H2,1H3,(H,27,29). The Balaban J connectivity index is 1.47. The molecule has 0 saturated carbocycles. The van der Waals surface area contributed by atoms with Crippen LogP contribution >= 0.6 is 11.6 Å². The van der Waals surface area contributed by atoms with Gasteiger partial charge < -0.3 is 9.73 Å². The maximum atomic E-state index is 12.7. The van der Waals surface area contributed by atoms with E-state index in [0.29, 0.717) is 34.1 Å². The quantitative estimate of drug-likeness (QED) is 0.413. The Morgan fingerprint density at radius 2 is 1.88 bits per heavy atom. The molecule has 1 amide bonds. The van der Waals surface area contributed by atoms with Gasteiger partial charge in [-0.2, -0.15) is 0 Å². The van der Waals surface area contributed by atoms with E-state index in [-0.39, 0.29) is 22.4 Å². The molecule has 9 heteroatoms. The van der Waals surface area contributed by atoms with Crippen LogP contribution in [0.2, 0.25) is 5.02 Å². The SMILES string of the molecule is Cc1oc(-c2ccc(C(=O)NCc3cccnc3)cc2)nc1CS(=O)(=O)c1cccc(Cl)c1. The van der Waals surface area contributed by atoms with Crippen LogP contribution in [0.5, 0.6) is 0 Å². The van der Waals surface area contributed by atoms with Gasteiger partial charge in [0, 0.05) is 35.1 Å². The number of carbonyl (C=O) groups excluding carboxylic acids is 1. The van der Waals surface area contributed by atoms with Crippen LogP contribution in [0.1, 0.15) is 27.4 Å². The van der Waals surface area contributed by atoms with Crippen LogP contribution in [-0.4, -0.2) is 24.3 Å². The van der Waals surface area contributed by atoms with E-state index < -0.39 is 9.84 Å². The molecule has 0 radical (unpaired) electrons. The first-order chi connectivity index (χ1) is 15.8. The van der Waals surface area contributed by atoms with Crippen molar-refractivity contribution in [3.05, 3.63) is 101 Å². The summed E-state index contributed by atoms with van der Waals surface area (Å²) in [5, 5.41) is 3.18. The van der Waals surface area contributed by atoms with Gasteiger partial charge in [-0.25, -0.2) is 13.4 Å². The van der Waals surface area contributed by atoms with Crippen molar-refractivity contribution in [2.24, 2.45) is 0 Å². The molecule has 0 unspecified atom stereocenters. The van der Waals surface area contributed by atoms with E-state index in [1.807, 2.05) is 12.1 Å². The van der Waals surface area contributed by atoms with Gasteiger partial charge in [0.05, 0.1) is 10.6 Å². The van der Waals surface area contributed by atoms with Gasteiger partial charge in [-0.05, 0) is 61.0 Å². The number of halogens is 1. The zero-order chi connectivity index (χ0) is 23.4. The van der Waals surface area contributed by atoms with Crippen molar-refractivity contribution in [3.8, 4) is 11.5 Å². The number of nitrogens with one attached hydrogen (secondary N) is 1. The van der Waals surface area contributed by atoms with E-state index >= 15 is 0 Å². The summed E-state index contributed by atoms with van der Waals surface area (Å²) in [7, 11) is -3.64. The first kappa shape index (κ1) is 22.7. The molecule has 0 aliphatic carbocycles. The topological polar surface area (TPSA) is 102 Å². The van der Waals surface area contributed by atoms with Crippen molar-refractivity contribution in [3.63, 3.8) is 0 Å². The molecule has 2 aromatic carbocycles. The molecule has 0 saturated heterocycles. The molecule has 7 nitrogen and oxygen atoms in total. The van der Waals surface area contributed by atoms with Gasteiger partial charge in [0.1, 0.15) is 11.5 Å². The summed E-state index contributed by atoms with van der Waals surface area (Å²) in [5.74, 6) is 0.166. The summed E-state index contributed by atoms with van der Waals surface area (Å²) >= 11 is 5.93. The molecule has 2 heterocycles. The Kier molecular flexibility index (Phi) is 6.57. The molecule has 0 aliphatic heterocycles. The van der Waals surface area contributed by atoms with E-state index in [2.05, 4.69) is 15.3 Å². The number of rotatable bonds is 7. The molecule has 4 rings (SSSR count). The lowest BCUT2D eigenvalue weighted by Gasteiger charge is -2.05. The highest BCUT2D eigenvalue weighted by Crippen LogP contribution is 2.26. The number of hydrogen-bond donors (Lipinski definition) is 1. The highest BCUT2D eigenvalue weighted by molar-refractivity contribution is 7.90. The third-order valence-corrected chi connectivity index (χ3v) is 6.81. The number of amides is 1. The summed E-state index contributed by atoms with van der Waals surface area (Å²) in [4.78, 5) is 20.9. The summed E-state index contributed by atoms with van der Waals surface area (Å²) in [5.41, 5.74) is 2.34. The predicted molar refractivity (Wildman–Crippen MR) is 124 cm³/mol. The Hall–Kier alpha value is -3.49. The van der Waals surface area contributed by atoms with Crippen LogP contribution in [0, 0.1) is 6.92 Å². The Morgan fingerprint density at radius 1 is 1.09 bits per heavy atom.